The molecule has 0 bridgehead atoms. The number of carbonyl (C=O) groups excluding carboxylic acids is 1. The summed E-state index contributed by atoms with van der Waals surface area (Å²) < 4.78 is 1.30. The van der Waals surface area contributed by atoms with Crippen LogP contribution in [-0.2, 0) is 11.3 Å². The Kier molecular flexibility index (Phi) is 5.94. The van der Waals surface area contributed by atoms with Gasteiger partial charge in [0.1, 0.15) is 6.54 Å². The maximum atomic E-state index is 12.4. The molecule has 30 heavy (non-hydrogen) atoms. The molecule has 1 aliphatic rings. The molecule has 2 heterocycles. The molecule has 1 saturated heterocycles. The normalized spacial score (nSPS) is 14.7. The van der Waals surface area contributed by atoms with E-state index in [-0.39, 0.29) is 12.5 Å². The Hall–Kier alpha value is -3.39. The Morgan fingerprint density at radius 2 is 1.63 bits per heavy atom. The Bertz CT molecular complexity index is 1130. The maximum Gasteiger partial charge on any atom is 0.329 e. The third-order valence-corrected chi connectivity index (χ3v) is 5.45. The number of fused-ring (bicyclic) bond motifs is 1. The van der Waals surface area contributed by atoms with Gasteiger partial charge >= 0.3 is 5.69 Å². The Morgan fingerprint density at radius 3 is 2.40 bits per heavy atom. The smallest absolute Gasteiger partial charge is 0.329 e. The molecule has 0 radical (unpaired) electrons. The number of anilines is 1. The maximum absolute atomic E-state index is 12.4. The van der Waals surface area contributed by atoms with E-state index in [2.05, 4.69) is 32.2 Å². The van der Waals surface area contributed by atoms with E-state index in [1.165, 1.54) is 10.3 Å². The first-order valence-electron chi connectivity index (χ1n) is 10.1. The lowest BCUT2D eigenvalue weighted by Crippen LogP contribution is -2.48. The van der Waals surface area contributed by atoms with Crippen LogP contribution in [-0.4, -0.2) is 59.6 Å². The number of nitrogens with zero attached hydrogens (tertiary/aromatic N) is 3. The molecule has 2 N–H and O–H groups in total. The van der Waals surface area contributed by atoms with E-state index in [1.807, 2.05) is 18.2 Å². The second kappa shape index (κ2) is 8.96. The molecule has 1 aromatic heterocycles. The minimum atomic E-state index is -0.578. The van der Waals surface area contributed by atoms with Crippen molar-refractivity contribution in [1.29, 1.82) is 0 Å². The minimum Gasteiger partial charge on any atom is -0.369 e. The molecule has 1 amide bonds. The number of hydrogen-bond donors (Lipinski definition) is 2. The van der Waals surface area contributed by atoms with E-state index in [0.717, 1.165) is 32.7 Å². The second-order valence-corrected chi connectivity index (χ2v) is 7.38. The van der Waals surface area contributed by atoms with E-state index < -0.39 is 11.2 Å². The summed E-state index contributed by atoms with van der Waals surface area (Å²) in [6.45, 7) is 4.94. The number of piperazine rings is 1. The lowest BCUT2D eigenvalue weighted by atomic mass is 10.2. The van der Waals surface area contributed by atoms with Crippen LogP contribution in [0.5, 0.6) is 0 Å². The number of para-hydroxylation sites is 2. The fourth-order valence-electron chi connectivity index (χ4n) is 3.82. The number of rotatable bonds is 6. The average molecular weight is 407 g/mol. The lowest BCUT2D eigenvalue weighted by Gasteiger charge is -2.36. The van der Waals surface area contributed by atoms with Gasteiger partial charge in [0.25, 0.3) is 5.56 Å². The van der Waals surface area contributed by atoms with Crippen LogP contribution in [0.2, 0.25) is 0 Å². The third kappa shape index (κ3) is 4.44. The summed E-state index contributed by atoms with van der Waals surface area (Å²) in [6.07, 6.45) is 0. The van der Waals surface area contributed by atoms with Gasteiger partial charge in [-0.05, 0) is 24.3 Å². The average Bonchev–Trinajstić information content (AvgIpc) is 2.78. The topological polar surface area (TPSA) is 90.4 Å². The number of H-pyrrole nitrogens is 1. The van der Waals surface area contributed by atoms with Gasteiger partial charge in [-0.25, -0.2) is 4.79 Å². The minimum absolute atomic E-state index is 0.127. The summed E-state index contributed by atoms with van der Waals surface area (Å²) in [5, 5.41) is 3.27. The molecule has 2 aromatic carbocycles. The Labute approximate surface area is 173 Å². The van der Waals surface area contributed by atoms with Crippen molar-refractivity contribution < 1.29 is 4.79 Å². The van der Waals surface area contributed by atoms with Crippen LogP contribution in [0.25, 0.3) is 10.9 Å². The number of aromatic amines is 1. The van der Waals surface area contributed by atoms with Crippen LogP contribution < -0.4 is 21.5 Å². The summed E-state index contributed by atoms with van der Waals surface area (Å²) in [6, 6.07) is 17.1. The van der Waals surface area contributed by atoms with Crippen LogP contribution in [0.15, 0.2) is 64.2 Å². The van der Waals surface area contributed by atoms with Crippen molar-refractivity contribution in [3.8, 4) is 0 Å². The summed E-state index contributed by atoms with van der Waals surface area (Å²) >= 11 is 0. The number of benzene rings is 2. The summed E-state index contributed by atoms with van der Waals surface area (Å²) in [5.74, 6) is -0.253. The molecule has 1 aliphatic heterocycles. The fourth-order valence-corrected chi connectivity index (χ4v) is 3.82. The lowest BCUT2D eigenvalue weighted by molar-refractivity contribution is -0.121. The predicted octanol–water partition coefficient (Wildman–Crippen LogP) is 0.628. The molecule has 1 fully saturated rings. The summed E-state index contributed by atoms with van der Waals surface area (Å²) in [4.78, 5) is 43.4. The van der Waals surface area contributed by atoms with Crippen molar-refractivity contribution in [3.63, 3.8) is 0 Å². The quantitative estimate of drug-likeness (QED) is 0.626. The first kappa shape index (κ1) is 19.9. The molecule has 0 spiro atoms. The standard InChI is InChI=1S/C22H25N5O3/c28-20(16-27-19-9-5-4-8-18(19)21(29)24-22(27)30)23-10-11-25-12-14-26(15-13-25)17-6-2-1-3-7-17/h1-9H,10-16H2,(H,23,28)(H,24,29,30). The Balaban J connectivity index is 1.28. The molecule has 0 unspecified atom stereocenters. The molecule has 0 aliphatic carbocycles. The number of amides is 1. The zero-order valence-electron chi connectivity index (χ0n) is 16.7. The van der Waals surface area contributed by atoms with Crippen LogP contribution in [0.1, 0.15) is 0 Å². The Morgan fingerprint density at radius 1 is 0.933 bits per heavy atom. The van der Waals surface area contributed by atoms with Crippen molar-refractivity contribution in [2.75, 3.05) is 44.2 Å². The largest absolute Gasteiger partial charge is 0.369 e. The predicted molar refractivity (Wildman–Crippen MR) is 117 cm³/mol. The molecular formula is C22H25N5O3. The first-order valence-corrected chi connectivity index (χ1v) is 10.1. The van der Waals surface area contributed by atoms with Gasteiger partial charge in [0.05, 0.1) is 10.9 Å². The van der Waals surface area contributed by atoms with E-state index in [0.29, 0.717) is 17.4 Å². The zero-order chi connectivity index (χ0) is 20.9. The molecule has 3 aromatic rings. The van der Waals surface area contributed by atoms with Crippen LogP contribution in [0, 0.1) is 0 Å². The van der Waals surface area contributed by atoms with Gasteiger partial charge < -0.3 is 10.2 Å². The van der Waals surface area contributed by atoms with E-state index in [1.54, 1.807) is 24.3 Å². The molecular weight excluding hydrogens is 382 g/mol. The van der Waals surface area contributed by atoms with Crippen molar-refractivity contribution in [2.45, 2.75) is 6.54 Å². The number of aromatic nitrogens is 2. The summed E-state index contributed by atoms with van der Waals surface area (Å²) in [7, 11) is 0. The van der Waals surface area contributed by atoms with Gasteiger partial charge in [-0.2, -0.15) is 0 Å². The van der Waals surface area contributed by atoms with E-state index in [4.69, 9.17) is 0 Å². The van der Waals surface area contributed by atoms with Gasteiger partial charge in [0.2, 0.25) is 5.91 Å². The van der Waals surface area contributed by atoms with Crippen molar-refractivity contribution in [2.24, 2.45) is 0 Å². The van der Waals surface area contributed by atoms with Gasteiger partial charge in [0, 0.05) is 45.0 Å². The fraction of sp³-hybridized carbons (Fsp3) is 0.318. The van der Waals surface area contributed by atoms with Crippen molar-refractivity contribution >= 4 is 22.5 Å². The van der Waals surface area contributed by atoms with Gasteiger partial charge in [0.15, 0.2) is 0 Å². The highest BCUT2D eigenvalue weighted by Gasteiger charge is 2.17. The van der Waals surface area contributed by atoms with Crippen LogP contribution in [0.4, 0.5) is 5.69 Å². The molecule has 4 rings (SSSR count). The second-order valence-electron chi connectivity index (χ2n) is 7.38. The molecule has 156 valence electrons. The summed E-state index contributed by atoms with van der Waals surface area (Å²) in [5.41, 5.74) is 0.676. The highest BCUT2D eigenvalue weighted by atomic mass is 16.2. The first-order chi connectivity index (χ1) is 14.6. The van der Waals surface area contributed by atoms with E-state index >= 15 is 0 Å². The van der Waals surface area contributed by atoms with Gasteiger partial charge in [-0.3, -0.25) is 24.0 Å². The third-order valence-electron chi connectivity index (χ3n) is 5.45. The van der Waals surface area contributed by atoms with Gasteiger partial charge in [-0.15, -0.1) is 0 Å². The van der Waals surface area contributed by atoms with Crippen LogP contribution >= 0.6 is 0 Å². The van der Waals surface area contributed by atoms with Gasteiger partial charge in [-0.1, -0.05) is 30.3 Å². The number of nitrogens with one attached hydrogen (secondary N) is 2. The van der Waals surface area contributed by atoms with E-state index in [9.17, 15) is 14.4 Å². The number of hydrogen-bond acceptors (Lipinski definition) is 5. The van der Waals surface area contributed by atoms with Crippen molar-refractivity contribution in [1.82, 2.24) is 19.8 Å². The monoisotopic (exact) mass is 407 g/mol. The highest BCUT2D eigenvalue weighted by Crippen LogP contribution is 2.15. The molecule has 0 atom stereocenters. The molecule has 8 nitrogen and oxygen atoms in total. The zero-order valence-corrected chi connectivity index (χ0v) is 16.7. The number of carbonyl (C=O) groups is 1. The van der Waals surface area contributed by atoms with Crippen molar-refractivity contribution in [3.05, 3.63) is 75.4 Å². The SMILES string of the molecule is O=C(Cn1c(=O)[nH]c(=O)c2ccccc21)NCCN1CCN(c2ccccc2)CC1. The molecule has 0 saturated carbocycles. The molecule has 8 heteroatoms. The highest BCUT2D eigenvalue weighted by molar-refractivity contribution is 5.81. The van der Waals surface area contributed by atoms with Crippen LogP contribution in [0.3, 0.4) is 0 Å².